The predicted octanol–water partition coefficient (Wildman–Crippen LogP) is 3.86. The van der Waals surface area contributed by atoms with Crippen LogP contribution in [-0.2, 0) is 24.2 Å². The highest BCUT2D eigenvalue weighted by Gasteiger charge is 2.27. The van der Waals surface area contributed by atoms with Crippen molar-refractivity contribution in [3.63, 3.8) is 0 Å². The first-order valence-electron chi connectivity index (χ1n) is 9.43. The van der Waals surface area contributed by atoms with Crippen LogP contribution >= 0.6 is 0 Å². The van der Waals surface area contributed by atoms with Crippen LogP contribution in [0.25, 0.3) is 10.9 Å². The number of hydrogen-bond donors (Lipinski definition) is 0. The van der Waals surface area contributed by atoms with Gasteiger partial charge in [0, 0.05) is 42.7 Å². The van der Waals surface area contributed by atoms with E-state index in [1.54, 1.807) is 6.92 Å². The molecule has 1 aromatic heterocycles. The Kier molecular flexibility index (Phi) is 5.05. The lowest BCUT2D eigenvalue weighted by Crippen LogP contribution is -2.32. The highest BCUT2D eigenvalue weighted by molar-refractivity contribution is 6.05. The van der Waals surface area contributed by atoms with Gasteiger partial charge in [-0.3, -0.25) is 9.88 Å². The van der Waals surface area contributed by atoms with Gasteiger partial charge in [-0.05, 0) is 18.6 Å². The van der Waals surface area contributed by atoms with Crippen molar-refractivity contribution in [3.8, 4) is 6.07 Å². The number of aromatic nitrogens is 1. The summed E-state index contributed by atoms with van der Waals surface area (Å²) in [5, 5.41) is 9.82. The number of hydrogen-bond acceptors (Lipinski definition) is 5. The molecule has 0 unspecified atom stereocenters. The lowest BCUT2D eigenvalue weighted by Gasteiger charge is -2.30. The number of fused-ring (bicyclic) bond motifs is 2. The molecule has 0 saturated heterocycles. The van der Waals surface area contributed by atoms with Crippen molar-refractivity contribution in [1.82, 2.24) is 9.88 Å². The minimum atomic E-state index is -0.793. The first kappa shape index (κ1) is 18.1. The van der Waals surface area contributed by atoms with E-state index in [9.17, 15) is 4.79 Å². The molecule has 5 nitrogen and oxygen atoms in total. The smallest absolute Gasteiger partial charge is 0.340 e. The lowest BCUT2D eigenvalue weighted by molar-refractivity contribution is 0.0434. The Hall–Kier alpha value is -3.23. The Morgan fingerprint density at radius 2 is 1.96 bits per heavy atom. The van der Waals surface area contributed by atoms with Crippen molar-refractivity contribution in [3.05, 3.63) is 77.0 Å². The molecule has 0 fully saturated rings. The second-order valence-corrected chi connectivity index (χ2v) is 7.05. The SMILES string of the molecule is C[C@H](C#N)OC(=O)c1c2c(nc3ccccc13)CCN(Cc1ccccc1)C2. The quantitative estimate of drug-likeness (QED) is 0.652. The fraction of sp³-hybridized carbons (Fsp3) is 0.261. The molecule has 4 rings (SSSR count). The van der Waals surface area contributed by atoms with Crippen LogP contribution in [-0.4, -0.2) is 28.5 Å². The summed E-state index contributed by atoms with van der Waals surface area (Å²) in [4.78, 5) is 20.1. The second kappa shape index (κ2) is 7.79. The number of esters is 1. The molecule has 1 aliphatic heterocycles. The van der Waals surface area contributed by atoms with Crippen LogP contribution in [0.4, 0.5) is 0 Å². The molecule has 0 radical (unpaired) electrons. The minimum absolute atomic E-state index is 0.453. The average Bonchev–Trinajstić information content (AvgIpc) is 2.72. The van der Waals surface area contributed by atoms with Crippen LogP contribution in [0.2, 0.25) is 0 Å². The maximum absolute atomic E-state index is 12.9. The summed E-state index contributed by atoms with van der Waals surface area (Å²) in [6.07, 6.45) is -0.0137. The Balaban J connectivity index is 1.74. The molecule has 0 saturated carbocycles. The van der Waals surface area contributed by atoms with Gasteiger partial charge in [0.25, 0.3) is 0 Å². The highest BCUT2D eigenvalue weighted by Crippen LogP contribution is 2.29. The van der Waals surface area contributed by atoms with E-state index in [1.165, 1.54) is 5.56 Å². The van der Waals surface area contributed by atoms with Crippen molar-refractivity contribution in [2.45, 2.75) is 32.5 Å². The van der Waals surface area contributed by atoms with E-state index in [2.05, 4.69) is 17.0 Å². The maximum atomic E-state index is 12.9. The van der Waals surface area contributed by atoms with Gasteiger partial charge in [-0.2, -0.15) is 5.26 Å². The van der Waals surface area contributed by atoms with Gasteiger partial charge in [0.05, 0.1) is 11.1 Å². The third-order valence-corrected chi connectivity index (χ3v) is 5.04. The highest BCUT2D eigenvalue weighted by atomic mass is 16.5. The van der Waals surface area contributed by atoms with E-state index in [-0.39, 0.29) is 0 Å². The first-order chi connectivity index (χ1) is 13.7. The van der Waals surface area contributed by atoms with Crippen molar-refractivity contribution in [1.29, 1.82) is 5.26 Å². The number of para-hydroxylation sites is 1. The van der Waals surface area contributed by atoms with Gasteiger partial charge in [-0.15, -0.1) is 0 Å². The van der Waals surface area contributed by atoms with Crippen LogP contribution in [0.5, 0.6) is 0 Å². The molecule has 28 heavy (non-hydrogen) atoms. The van der Waals surface area contributed by atoms with E-state index in [1.807, 2.05) is 48.5 Å². The minimum Gasteiger partial charge on any atom is -0.444 e. The number of nitrogens with zero attached hydrogens (tertiary/aromatic N) is 3. The summed E-state index contributed by atoms with van der Waals surface area (Å²) in [6.45, 7) is 3.91. The normalized spacial score (nSPS) is 14.9. The van der Waals surface area contributed by atoms with E-state index in [0.29, 0.717) is 12.1 Å². The van der Waals surface area contributed by atoms with E-state index in [0.717, 1.165) is 41.7 Å². The van der Waals surface area contributed by atoms with Crippen molar-refractivity contribution in [2.24, 2.45) is 0 Å². The molecule has 1 atom stereocenters. The molecule has 0 aliphatic carbocycles. The fourth-order valence-electron chi connectivity index (χ4n) is 3.70. The molecule has 5 heteroatoms. The van der Waals surface area contributed by atoms with Crippen molar-refractivity contribution in [2.75, 3.05) is 6.54 Å². The topological polar surface area (TPSA) is 66.2 Å². The molecule has 2 aromatic carbocycles. The van der Waals surface area contributed by atoms with Gasteiger partial charge < -0.3 is 4.74 Å². The molecule has 140 valence electrons. The molecule has 0 amide bonds. The third-order valence-electron chi connectivity index (χ3n) is 5.04. The van der Waals surface area contributed by atoms with Crippen LogP contribution in [0.3, 0.4) is 0 Å². The fourth-order valence-corrected chi connectivity index (χ4v) is 3.70. The molecule has 3 aromatic rings. The van der Waals surface area contributed by atoms with Gasteiger partial charge in [0.2, 0.25) is 0 Å². The monoisotopic (exact) mass is 371 g/mol. The first-order valence-corrected chi connectivity index (χ1v) is 9.43. The summed E-state index contributed by atoms with van der Waals surface area (Å²) in [5.74, 6) is -0.453. The number of nitriles is 1. The second-order valence-electron chi connectivity index (χ2n) is 7.05. The van der Waals surface area contributed by atoms with Gasteiger partial charge in [-0.1, -0.05) is 48.5 Å². The van der Waals surface area contributed by atoms with E-state index < -0.39 is 12.1 Å². The van der Waals surface area contributed by atoms with Gasteiger partial charge >= 0.3 is 5.97 Å². The molecule has 0 spiro atoms. The van der Waals surface area contributed by atoms with Gasteiger partial charge in [0.15, 0.2) is 6.10 Å². The molecular formula is C23H21N3O2. The number of benzene rings is 2. The summed E-state index contributed by atoms with van der Waals surface area (Å²) >= 11 is 0. The Labute approximate surface area is 164 Å². The number of rotatable bonds is 4. The molecule has 0 N–H and O–H groups in total. The number of ether oxygens (including phenoxy) is 1. The standard InChI is InChI=1S/C23H21N3O2/c1-16(13-24)28-23(27)22-18-9-5-6-10-20(18)25-21-11-12-26(15-19(21)22)14-17-7-3-2-4-8-17/h2-10,16H,11-12,14-15H2,1H3/t16-/m1/s1. The summed E-state index contributed by atoms with van der Waals surface area (Å²) in [5.41, 5.74) is 4.42. The zero-order valence-corrected chi connectivity index (χ0v) is 15.8. The van der Waals surface area contributed by atoms with Crippen molar-refractivity contribution >= 4 is 16.9 Å². The Morgan fingerprint density at radius 1 is 1.21 bits per heavy atom. The maximum Gasteiger partial charge on any atom is 0.340 e. The summed E-state index contributed by atoms with van der Waals surface area (Å²) in [7, 11) is 0. The summed E-state index contributed by atoms with van der Waals surface area (Å²) in [6, 6.07) is 19.9. The zero-order chi connectivity index (χ0) is 19.5. The van der Waals surface area contributed by atoms with Crippen molar-refractivity contribution < 1.29 is 9.53 Å². The van der Waals surface area contributed by atoms with Gasteiger partial charge in [-0.25, -0.2) is 4.79 Å². The van der Waals surface area contributed by atoms with Crippen LogP contribution in [0, 0.1) is 11.3 Å². The Morgan fingerprint density at radius 3 is 2.75 bits per heavy atom. The van der Waals surface area contributed by atoms with Crippen LogP contribution in [0.15, 0.2) is 54.6 Å². The van der Waals surface area contributed by atoms with Crippen LogP contribution < -0.4 is 0 Å². The summed E-state index contributed by atoms with van der Waals surface area (Å²) < 4.78 is 5.37. The third kappa shape index (κ3) is 3.60. The average molecular weight is 371 g/mol. The largest absolute Gasteiger partial charge is 0.444 e. The molecule has 2 heterocycles. The van der Waals surface area contributed by atoms with Crippen LogP contribution in [0.1, 0.15) is 34.1 Å². The number of carbonyl (C=O) groups is 1. The Bertz CT molecular complexity index is 1060. The zero-order valence-electron chi connectivity index (χ0n) is 15.8. The van der Waals surface area contributed by atoms with E-state index >= 15 is 0 Å². The molecular weight excluding hydrogens is 350 g/mol. The number of pyridine rings is 1. The lowest BCUT2D eigenvalue weighted by atomic mass is 9.95. The number of carbonyl (C=O) groups excluding carboxylic acids is 1. The van der Waals surface area contributed by atoms with E-state index in [4.69, 9.17) is 15.0 Å². The molecule has 1 aliphatic rings. The molecule has 0 bridgehead atoms. The predicted molar refractivity (Wildman–Crippen MR) is 106 cm³/mol. The van der Waals surface area contributed by atoms with Gasteiger partial charge in [0.1, 0.15) is 6.07 Å².